The van der Waals surface area contributed by atoms with Crippen molar-refractivity contribution >= 4 is 23.5 Å². The number of carboxylic acids is 1. The van der Waals surface area contributed by atoms with Gasteiger partial charge in [-0.1, -0.05) is 11.6 Å². The van der Waals surface area contributed by atoms with Crippen LogP contribution in [0.3, 0.4) is 0 Å². The van der Waals surface area contributed by atoms with Crippen LogP contribution in [0.4, 0.5) is 0 Å². The van der Waals surface area contributed by atoms with Crippen molar-refractivity contribution in [3.8, 4) is 11.5 Å². The molecule has 22 heavy (non-hydrogen) atoms. The number of halogens is 1. The highest BCUT2D eigenvalue weighted by Gasteiger charge is 2.48. The lowest BCUT2D eigenvalue weighted by Gasteiger charge is -2.20. The van der Waals surface area contributed by atoms with Gasteiger partial charge in [0.05, 0.1) is 16.9 Å². The van der Waals surface area contributed by atoms with Gasteiger partial charge in [0.2, 0.25) is 5.91 Å². The molecule has 1 fully saturated rings. The van der Waals surface area contributed by atoms with Crippen LogP contribution in [0.1, 0.15) is 12.0 Å². The Kier molecular flexibility index (Phi) is 4.11. The molecule has 2 N–H and O–H groups in total. The molecule has 0 unspecified atom stereocenters. The van der Waals surface area contributed by atoms with Crippen molar-refractivity contribution in [3.05, 3.63) is 22.7 Å². The molecule has 1 saturated carbocycles. The number of amides is 1. The fourth-order valence-corrected chi connectivity index (χ4v) is 2.82. The summed E-state index contributed by atoms with van der Waals surface area (Å²) in [5, 5.41) is 12.1. The Morgan fingerprint density at radius 1 is 1.27 bits per heavy atom. The minimum atomic E-state index is -0.904. The predicted octanol–water partition coefficient (Wildman–Crippen LogP) is 1.49. The van der Waals surface area contributed by atoms with Gasteiger partial charge in [0, 0.05) is 6.54 Å². The first-order valence-corrected chi connectivity index (χ1v) is 7.52. The molecule has 1 aliphatic heterocycles. The van der Waals surface area contributed by atoms with Crippen LogP contribution in [0.15, 0.2) is 12.1 Å². The maximum atomic E-state index is 11.8. The summed E-state index contributed by atoms with van der Waals surface area (Å²) < 4.78 is 10.9. The number of carbonyl (C=O) groups excluding carboxylic acids is 1. The van der Waals surface area contributed by atoms with Crippen molar-refractivity contribution in [2.24, 2.45) is 11.8 Å². The second-order valence-electron chi connectivity index (χ2n) is 5.43. The molecule has 118 valence electrons. The molecule has 0 saturated heterocycles. The number of nitrogens with one attached hydrogen (secondary N) is 1. The number of rotatable bonds is 5. The fourth-order valence-electron chi connectivity index (χ4n) is 2.53. The Labute approximate surface area is 132 Å². The van der Waals surface area contributed by atoms with E-state index in [1.54, 1.807) is 6.07 Å². The van der Waals surface area contributed by atoms with Crippen molar-refractivity contribution in [2.45, 2.75) is 12.8 Å². The summed E-state index contributed by atoms with van der Waals surface area (Å²) >= 11 is 6.15. The van der Waals surface area contributed by atoms with Crippen molar-refractivity contribution < 1.29 is 24.2 Å². The number of hydrogen-bond acceptors (Lipinski definition) is 4. The van der Waals surface area contributed by atoms with Gasteiger partial charge in [-0.2, -0.15) is 0 Å². The molecule has 1 aromatic carbocycles. The molecule has 1 amide bonds. The van der Waals surface area contributed by atoms with Crippen LogP contribution in [-0.2, 0) is 16.0 Å². The van der Waals surface area contributed by atoms with E-state index in [9.17, 15) is 9.59 Å². The van der Waals surface area contributed by atoms with Crippen molar-refractivity contribution in [1.82, 2.24) is 5.32 Å². The molecule has 0 radical (unpaired) electrons. The number of ether oxygens (including phenoxy) is 2. The molecule has 2 aliphatic rings. The molecule has 3 rings (SSSR count). The number of carbonyl (C=O) groups is 2. The summed E-state index contributed by atoms with van der Waals surface area (Å²) in [6, 6.07) is 3.64. The van der Waals surface area contributed by atoms with E-state index in [1.807, 2.05) is 6.07 Å². The van der Waals surface area contributed by atoms with E-state index < -0.39 is 11.9 Å². The lowest BCUT2D eigenvalue weighted by atomic mass is 10.1. The molecule has 7 heteroatoms. The molecular formula is C15H16ClNO5. The van der Waals surface area contributed by atoms with Crippen LogP contribution in [0, 0.1) is 11.8 Å². The summed E-state index contributed by atoms with van der Waals surface area (Å²) in [6.07, 6.45) is 1.02. The third-order valence-corrected chi connectivity index (χ3v) is 4.09. The normalized spacial score (nSPS) is 22.0. The predicted molar refractivity (Wildman–Crippen MR) is 78.4 cm³/mol. The molecular weight excluding hydrogens is 310 g/mol. The van der Waals surface area contributed by atoms with Crippen LogP contribution in [0.5, 0.6) is 11.5 Å². The van der Waals surface area contributed by atoms with Gasteiger partial charge in [-0.3, -0.25) is 9.59 Å². The third-order valence-electron chi connectivity index (χ3n) is 3.81. The van der Waals surface area contributed by atoms with Crippen LogP contribution in [0.25, 0.3) is 0 Å². The van der Waals surface area contributed by atoms with Crippen LogP contribution >= 0.6 is 11.6 Å². The third kappa shape index (κ3) is 3.11. The highest BCUT2D eigenvalue weighted by atomic mass is 35.5. The van der Waals surface area contributed by atoms with E-state index in [0.29, 0.717) is 49.1 Å². The second-order valence-corrected chi connectivity index (χ2v) is 5.84. The summed E-state index contributed by atoms with van der Waals surface area (Å²) in [7, 11) is 0. The van der Waals surface area contributed by atoms with E-state index in [1.165, 1.54) is 0 Å². The largest absolute Gasteiger partial charge is 0.486 e. The molecule has 1 aromatic rings. The van der Waals surface area contributed by atoms with Gasteiger partial charge in [-0.05, 0) is 30.5 Å². The maximum Gasteiger partial charge on any atom is 0.307 e. The van der Waals surface area contributed by atoms with Gasteiger partial charge < -0.3 is 19.9 Å². The SMILES string of the molecule is O=C(O)[C@@H]1C[C@H]1C(=O)NCCc1cc(Cl)c2c(c1)OCCO2. The van der Waals surface area contributed by atoms with Gasteiger partial charge in [-0.25, -0.2) is 0 Å². The molecule has 2 atom stereocenters. The summed E-state index contributed by atoms with van der Waals surface area (Å²) in [5.74, 6) is -0.837. The van der Waals surface area contributed by atoms with E-state index in [-0.39, 0.29) is 11.8 Å². The molecule has 6 nitrogen and oxygen atoms in total. The number of aliphatic carboxylic acids is 1. The first kappa shape index (κ1) is 15.0. The van der Waals surface area contributed by atoms with Crippen LogP contribution in [-0.4, -0.2) is 36.7 Å². The molecule has 0 aromatic heterocycles. The Hall–Kier alpha value is -1.95. The average molecular weight is 326 g/mol. The molecule has 1 heterocycles. The van der Waals surface area contributed by atoms with Crippen LogP contribution < -0.4 is 14.8 Å². The van der Waals surface area contributed by atoms with E-state index in [0.717, 1.165) is 5.56 Å². The number of carboxylic acid groups (broad SMARTS) is 1. The van der Waals surface area contributed by atoms with Crippen molar-refractivity contribution in [3.63, 3.8) is 0 Å². The number of benzene rings is 1. The summed E-state index contributed by atoms with van der Waals surface area (Å²) in [6.45, 7) is 1.40. The van der Waals surface area contributed by atoms with E-state index in [2.05, 4.69) is 5.32 Å². The Morgan fingerprint density at radius 2 is 2.05 bits per heavy atom. The van der Waals surface area contributed by atoms with Crippen molar-refractivity contribution in [2.75, 3.05) is 19.8 Å². The highest BCUT2D eigenvalue weighted by molar-refractivity contribution is 6.32. The van der Waals surface area contributed by atoms with Gasteiger partial charge >= 0.3 is 5.97 Å². The standard InChI is InChI=1S/C15H16ClNO5/c16-11-5-8(6-12-13(11)22-4-3-21-12)1-2-17-14(18)9-7-10(9)15(19)20/h5-6,9-10H,1-4,7H2,(H,17,18)(H,19,20)/t9-,10-/m1/s1. The zero-order valence-electron chi connectivity index (χ0n) is 11.8. The first-order valence-electron chi connectivity index (χ1n) is 7.15. The smallest absolute Gasteiger partial charge is 0.307 e. The van der Waals surface area contributed by atoms with Gasteiger partial charge in [0.25, 0.3) is 0 Å². The van der Waals surface area contributed by atoms with Gasteiger partial charge in [-0.15, -0.1) is 0 Å². The molecule has 1 aliphatic carbocycles. The number of fused-ring (bicyclic) bond motifs is 1. The minimum Gasteiger partial charge on any atom is -0.486 e. The van der Waals surface area contributed by atoms with Crippen LogP contribution in [0.2, 0.25) is 5.02 Å². The number of hydrogen-bond donors (Lipinski definition) is 2. The Balaban J connectivity index is 1.53. The summed E-state index contributed by atoms with van der Waals surface area (Å²) in [5.41, 5.74) is 0.931. The molecule has 0 bridgehead atoms. The zero-order chi connectivity index (χ0) is 15.7. The average Bonchev–Trinajstić information content (AvgIpc) is 3.28. The first-order chi connectivity index (χ1) is 10.6. The Morgan fingerprint density at radius 3 is 2.77 bits per heavy atom. The monoisotopic (exact) mass is 325 g/mol. The zero-order valence-corrected chi connectivity index (χ0v) is 12.6. The maximum absolute atomic E-state index is 11.8. The Bertz CT molecular complexity index is 618. The van der Waals surface area contributed by atoms with Gasteiger partial charge in [0.1, 0.15) is 13.2 Å². The quantitative estimate of drug-likeness (QED) is 0.856. The van der Waals surface area contributed by atoms with E-state index in [4.69, 9.17) is 26.2 Å². The van der Waals surface area contributed by atoms with Crippen molar-refractivity contribution in [1.29, 1.82) is 0 Å². The topological polar surface area (TPSA) is 84.9 Å². The van der Waals surface area contributed by atoms with Gasteiger partial charge in [0.15, 0.2) is 11.5 Å². The fraction of sp³-hybridized carbons (Fsp3) is 0.467. The summed E-state index contributed by atoms with van der Waals surface area (Å²) in [4.78, 5) is 22.5. The second kappa shape index (κ2) is 6.04. The minimum absolute atomic E-state index is 0.198. The highest BCUT2D eigenvalue weighted by Crippen LogP contribution is 2.39. The lowest BCUT2D eigenvalue weighted by Crippen LogP contribution is -2.28. The lowest BCUT2D eigenvalue weighted by molar-refractivity contribution is -0.140. The van der Waals surface area contributed by atoms with E-state index >= 15 is 0 Å². The molecule has 0 spiro atoms.